The molecule has 0 spiro atoms. The third-order valence-electron chi connectivity index (χ3n) is 4.71. The van der Waals surface area contributed by atoms with Gasteiger partial charge in [0.1, 0.15) is 11.4 Å². The molecule has 142 valence electrons. The topological polar surface area (TPSA) is 47.6 Å². The molecule has 0 aliphatic carbocycles. The fourth-order valence-electron chi connectivity index (χ4n) is 3.10. The Morgan fingerprint density at radius 1 is 1.04 bits per heavy atom. The lowest BCUT2D eigenvalue weighted by atomic mass is 9.96. The third-order valence-corrected chi connectivity index (χ3v) is 4.71. The van der Waals surface area contributed by atoms with Crippen LogP contribution in [-0.2, 0) is 9.53 Å². The highest BCUT2D eigenvalue weighted by Gasteiger charge is 2.33. The number of carbonyl (C=O) groups is 1. The Labute approximate surface area is 156 Å². The first-order valence-corrected chi connectivity index (χ1v) is 9.57. The van der Waals surface area contributed by atoms with Crippen molar-refractivity contribution in [2.45, 2.75) is 58.5 Å². The minimum absolute atomic E-state index is 0.0858. The Kier molecular flexibility index (Phi) is 7.46. The Morgan fingerprint density at radius 3 is 2.42 bits per heavy atom. The highest BCUT2D eigenvalue weighted by Crippen LogP contribution is 2.32. The van der Waals surface area contributed by atoms with E-state index in [-0.39, 0.29) is 5.91 Å². The number of carbonyl (C=O) groups excluding carboxylic acids is 1. The van der Waals surface area contributed by atoms with Crippen molar-refractivity contribution in [3.63, 3.8) is 0 Å². The molecule has 0 aliphatic rings. The van der Waals surface area contributed by atoms with E-state index in [9.17, 15) is 4.79 Å². The number of ether oxygens (including phenoxy) is 2. The molecule has 0 bridgehead atoms. The summed E-state index contributed by atoms with van der Waals surface area (Å²) in [4.78, 5) is 13.1. The van der Waals surface area contributed by atoms with Gasteiger partial charge in [0.05, 0.1) is 7.11 Å². The van der Waals surface area contributed by atoms with E-state index in [1.54, 1.807) is 7.11 Å². The van der Waals surface area contributed by atoms with Crippen LogP contribution in [0.15, 0.2) is 36.4 Å². The zero-order valence-corrected chi connectivity index (χ0v) is 16.4. The average Bonchev–Trinajstić information content (AvgIpc) is 2.66. The van der Waals surface area contributed by atoms with Crippen LogP contribution in [0.2, 0.25) is 0 Å². The molecule has 2 aromatic rings. The Morgan fingerprint density at radius 2 is 1.77 bits per heavy atom. The highest BCUT2D eigenvalue weighted by atomic mass is 16.5. The summed E-state index contributed by atoms with van der Waals surface area (Å²) in [7, 11) is 1.66. The molecule has 4 heteroatoms. The maximum Gasteiger partial charge on any atom is 0.256 e. The summed E-state index contributed by atoms with van der Waals surface area (Å²) in [6.45, 7) is 6.70. The molecule has 0 radical (unpaired) electrons. The van der Waals surface area contributed by atoms with Crippen molar-refractivity contribution in [1.82, 2.24) is 0 Å². The summed E-state index contributed by atoms with van der Waals surface area (Å²) in [5.74, 6) is 0.712. The Balaban J connectivity index is 2.26. The number of anilines is 1. The molecule has 0 aromatic heterocycles. The van der Waals surface area contributed by atoms with Gasteiger partial charge >= 0.3 is 0 Å². The molecule has 1 amide bonds. The molecule has 1 atom stereocenters. The monoisotopic (exact) mass is 357 g/mol. The van der Waals surface area contributed by atoms with Gasteiger partial charge in [-0.2, -0.15) is 0 Å². The molecule has 0 unspecified atom stereocenters. The third kappa shape index (κ3) is 4.76. The summed E-state index contributed by atoms with van der Waals surface area (Å²) >= 11 is 0. The molecular formula is C22H31NO3. The standard InChI is InChI=1S/C22H31NO3/c1-5-7-10-15-22(3,26-16-6-2)21(24)23-19-13-14-20(25-4)18-12-9-8-11-17(18)19/h8-9,11-14H,5-7,10,15-16H2,1-4H3,(H,23,24)/t22-/m0/s1. The van der Waals surface area contributed by atoms with Crippen molar-refractivity contribution in [3.8, 4) is 5.75 Å². The van der Waals surface area contributed by atoms with E-state index in [0.717, 1.165) is 54.3 Å². The second-order valence-electron chi connectivity index (χ2n) is 6.85. The van der Waals surface area contributed by atoms with E-state index in [0.29, 0.717) is 6.61 Å². The van der Waals surface area contributed by atoms with Crippen molar-refractivity contribution >= 4 is 22.4 Å². The van der Waals surface area contributed by atoms with Crippen LogP contribution < -0.4 is 10.1 Å². The van der Waals surface area contributed by atoms with E-state index in [1.165, 1.54) is 0 Å². The first-order valence-electron chi connectivity index (χ1n) is 9.57. The zero-order chi connectivity index (χ0) is 19.0. The summed E-state index contributed by atoms with van der Waals surface area (Å²) in [6.07, 6.45) is 4.81. The molecule has 2 rings (SSSR count). The maximum atomic E-state index is 13.1. The average molecular weight is 357 g/mol. The quantitative estimate of drug-likeness (QED) is 0.567. The molecule has 0 saturated heterocycles. The summed E-state index contributed by atoms with van der Waals surface area (Å²) in [5, 5.41) is 5.04. The number of hydrogen-bond donors (Lipinski definition) is 1. The molecule has 0 fully saturated rings. The van der Waals surface area contributed by atoms with Gasteiger partial charge in [-0.15, -0.1) is 0 Å². The molecule has 0 aliphatic heterocycles. The second-order valence-corrected chi connectivity index (χ2v) is 6.85. The lowest BCUT2D eigenvalue weighted by molar-refractivity contribution is -0.140. The molecule has 26 heavy (non-hydrogen) atoms. The summed E-state index contributed by atoms with van der Waals surface area (Å²) in [6, 6.07) is 11.7. The fourth-order valence-corrected chi connectivity index (χ4v) is 3.10. The zero-order valence-electron chi connectivity index (χ0n) is 16.4. The number of benzene rings is 2. The van der Waals surface area contributed by atoms with Crippen LogP contribution in [0.5, 0.6) is 5.75 Å². The van der Waals surface area contributed by atoms with Crippen LogP contribution in [0.3, 0.4) is 0 Å². The van der Waals surface area contributed by atoms with Gasteiger partial charge in [-0.05, 0) is 31.9 Å². The second kappa shape index (κ2) is 9.58. The lowest BCUT2D eigenvalue weighted by Gasteiger charge is -2.29. The number of rotatable bonds is 10. The van der Waals surface area contributed by atoms with Crippen LogP contribution in [0.25, 0.3) is 10.8 Å². The SMILES string of the molecule is CCCCC[C@](C)(OCCC)C(=O)Nc1ccc(OC)c2ccccc12. The summed E-state index contributed by atoms with van der Waals surface area (Å²) in [5.41, 5.74) is -0.0279. The largest absolute Gasteiger partial charge is 0.496 e. The molecule has 1 N–H and O–H groups in total. The minimum atomic E-state index is -0.813. The predicted octanol–water partition coefficient (Wildman–Crippen LogP) is 5.55. The van der Waals surface area contributed by atoms with Gasteiger partial charge < -0.3 is 14.8 Å². The molecule has 0 heterocycles. The van der Waals surface area contributed by atoms with Gasteiger partial charge in [0.2, 0.25) is 0 Å². The first-order chi connectivity index (χ1) is 12.6. The van der Waals surface area contributed by atoms with E-state index >= 15 is 0 Å². The number of nitrogens with one attached hydrogen (secondary N) is 1. The van der Waals surface area contributed by atoms with E-state index in [2.05, 4.69) is 19.2 Å². The van der Waals surface area contributed by atoms with Crippen LogP contribution in [0.4, 0.5) is 5.69 Å². The van der Waals surface area contributed by atoms with Crippen molar-refractivity contribution in [3.05, 3.63) is 36.4 Å². The summed E-state index contributed by atoms with van der Waals surface area (Å²) < 4.78 is 11.4. The maximum absolute atomic E-state index is 13.1. The van der Waals surface area contributed by atoms with Crippen LogP contribution in [0.1, 0.15) is 52.9 Å². The number of amides is 1. The smallest absolute Gasteiger partial charge is 0.256 e. The highest BCUT2D eigenvalue weighted by molar-refractivity contribution is 6.06. The molecule has 0 saturated carbocycles. The van der Waals surface area contributed by atoms with E-state index < -0.39 is 5.60 Å². The van der Waals surface area contributed by atoms with Crippen molar-refractivity contribution in [2.24, 2.45) is 0 Å². The van der Waals surface area contributed by atoms with Gasteiger partial charge in [-0.1, -0.05) is 57.4 Å². The molecule has 2 aromatic carbocycles. The molecular weight excluding hydrogens is 326 g/mol. The van der Waals surface area contributed by atoms with E-state index in [1.807, 2.05) is 43.3 Å². The number of methoxy groups -OCH3 is 1. The van der Waals surface area contributed by atoms with Gasteiger partial charge in [-0.3, -0.25) is 4.79 Å². The number of hydrogen-bond acceptors (Lipinski definition) is 3. The van der Waals surface area contributed by atoms with Crippen LogP contribution in [-0.4, -0.2) is 25.2 Å². The minimum Gasteiger partial charge on any atom is -0.496 e. The lowest BCUT2D eigenvalue weighted by Crippen LogP contribution is -2.43. The van der Waals surface area contributed by atoms with Gasteiger partial charge in [0, 0.05) is 23.1 Å². The Hall–Kier alpha value is -2.07. The number of unbranched alkanes of at least 4 members (excludes halogenated alkanes) is 2. The van der Waals surface area contributed by atoms with Crippen molar-refractivity contribution in [1.29, 1.82) is 0 Å². The first kappa shape index (κ1) is 20.2. The number of fused-ring (bicyclic) bond motifs is 1. The van der Waals surface area contributed by atoms with Gasteiger partial charge in [0.15, 0.2) is 0 Å². The van der Waals surface area contributed by atoms with E-state index in [4.69, 9.17) is 9.47 Å². The molecule has 4 nitrogen and oxygen atoms in total. The fraction of sp³-hybridized carbons (Fsp3) is 0.500. The Bertz CT molecular complexity index is 728. The van der Waals surface area contributed by atoms with Crippen LogP contribution >= 0.6 is 0 Å². The van der Waals surface area contributed by atoms with Gasteiger partial charge in [-0.25, -0.2) is 0 Å². The van der Waals surface area contributed by atoms with Crippen molar-refractivity contribution < 1.29 is 14.3 Å². The van der Waals surface area contributed by atoms with Crippen LogP contribution in [0, 0.1) is 0 Å². The predicted molar refractivity (Wildman–Crippen MR) is 108 cm³/mol. The normalized spacial score (nSPS) is 13.4. The van der Waals surface area contributed by atoms with Gasteiger partial charge in [0.25, 0.3) is 5.91 Å². The van der Waals surface area contributed by atoms with Crippen molar-refractivity contribution in [2.75, 3.05) is 19.0 Å².